The fraction of sp³-hybridized carbons (Fsp3) is 0.312. The number of oxazole rings is 1. The fourth-order valence-electron chi connectivity index (χ4n) is 1.77. The molecule has 0 fully saturated rings. The summed E-state index contributed by atoms with van der Waals surface area (Å²) in [5.74, 6) is -0.662. The van der Waals surface area contributed by atoms with Crippen LogP contribution >= 0.6 is 0 Å². The van der Waals surface area contributed by atoms with Crippen molar-refractivity contribution in [2.24, 2.45) is 0 Å². The number of aromatic nitrogens is 1. The third-order valence-electron chi connectivity index (χ3n) is 2.77. The van der Waals surface area contributed by atoms with Crippen LogP contribution in [-0.4, -0.2) is 29.0 Å². The highest BCUT2D eigenvalue weighted by Crippen LogP contribution is 2.15. The second-order valence-electron chi connectivity index (χ2n) is 5.10. The number of fused-ring (bicyclic) bond motifs is 1. The van der Waals surface area contributed by atoms with Crippen LogP contribution in [0, 0.1) is 0 Å². The number of carbonyl (C=O) groups excluding carboxylic acids is 2. The lowest BCUT2D eigenvalue weighted by molar-refractivity contribution is -0.150. The van der Waals surface area contributed by atoms with Crippen molar-refractivity contribution in [3.63, 3.8) is 0 Å². The molecule has 0 aliphatic heterocycles. The number of hydrogen-bond acceptors (Lipinski definition) is 5. The SMILES string of the molecule is CC(C)NC(=O)C(C)OC(=O)C=Cc1nc2ccccc2o1. The van der Waals surface area contributed by atoms with Gasteiger partial charge in [-0.3, -0.25) is 4.79 Å². The van der Waals surface area contributed by atoms with E-state index in [2.05, 4.69) is 10.3 Å². The Hall–Kier alpha value is -2.63. The summed E-state index contributed by atoms with van der Waals surface area (Å²) in [7, 11) is 0. The molecule has 1 N–H and O–H groups in total. The molecule has 6 heteroatoms. The van der Waals surface area contributed by atoms with Gasteiger partial charge in [0, 0.05) is 18.2 Å². The van der Waals surface area contributed by atoms with Crippen LogP contribution in [0.4, 0.5) is 0 Å². The Balaban J connectivity index is 1.94. The van der Waals surface area contributed by atoms with Gasteiger partial charge >= 0.3 is 5.97 Å². The molecule has 1 heterocycles. The first-order valence-electron chi connectivity index (χ1n) is 7.00. The Bertz CT molecular complexity index is 670. The topological polar surface area (TPSA) is 81.4 Å². The molecule has 1 aromatic carbocycles. The summed E-state index contributed by atoms with van der Waals surface area (Å²) in [6, 6.07) is 7.28. The minimum atomic E-state index is -0.858. The average molecular weight is 302 g/mol. The zero-order valence-corrected chi connectivity index (χ0v) is 12.7. The molecule has 0 saturated heterocycles. The number of para-hydroxylation sites is 2. The number of nitrogens with zero attached hydrogens (tertiary/aromatic N) is 1. The first-order chi connectivity index (χ1) is 10.5. The number of rotatable bonds is 5. The maximum Gasteiger partial charge on any atom is 0.331 e. The van der Waals surface area contributed by atoms with Gasteiger partial charge in [-0.15, -0.1) is 0 Å². The highest BCUT2D eigenvalue weighted by Gasteiger charge is 2.17. The quantitative estimate of drug-likeness (QED) is 0.677. The molecular weight excluding hydrogens is 284 g/mol. The largest absolute Gasteiger partial charge is 0.449 e. The van der Waals surface area contributed by atoms with E-state index in [9.17, 15) is 9.59 Å². The van der Waals surface area contributed by atoms with Crippen LogP contribution < -0.4 is 5.32 Å². The minimum Gasteiger partial charge on any atom is -0.449 e. The van der Waals surface area contributed by atoms with Crippen molar-refractivity contribution in [2.75, 3.05) is 0 Å². The normalized spacial score (nSPS) is 12.7. The number of nitrogens with one attached hydrogen (secondary N) is 1. The maximum absolute atomic E-state index is 11.7. The summed E-state index contributed by atoms with van der Waals surface area (Å²) in [4.78, 5) is 27.5. The van der Waals surface area contributed by atoms with E-state index in [1.165, 1.54) is 19.1 Å². The van der Waals surface area contributed by atoms with Gasteiger partial charge in [-0.2, -0.15) is 0 Å². The maximum atomic E-state index is 11.7. The number of benzene rings is 1. The molecule has 6 nitrogen and oxygen atoms in total. The molecule has 22 heavy (non-hydrogen) atoms. The van der Waals surface area contributed by atoms with E-state index in [-0.39, 0.29) is 11.9 Å². The predicted octanol–water partition coefficient (Wildman–Crippen LogP) is 2.30. The van der Waals surface area contributed by atoms with Gasteiger partial charge in [0.05, 0.1) is 0 Å². The standard InChI is InChI=1S/C16H18N2O4/c1-10(2)17-16(20)11(3)21-15(19)9-8-14-18-12-6-4-5-7-13(12)22-14/h4-11H,1-3H3,(H,17,20). The molecule has 1 unspecified atom stereocenters. The summed E-state index contributed by atoms with van der Waals surface area (Å²) in [6.45, 7) is 5.18. The Morgan fingerprint density at radius 1 is 1.27 bits per heavy atom. The van der Waals surface area contributed by atoms with Gasteiger partial charge in [0.15, 0.2) is 11.7 Å². The monoisotopic (exact) mass is 302 g/mol. The van der Waals surface area contributed by atoms with Gasteiger partial charge in [0.25, 0.3) is 5.91 Å². The van der Waals surface area contributed by atoms with Gasteiger partial charge in [-0.1, -0.05) is 12.1 Å². The molecular formula is C16H18N2O4. The van der Waals surface area contributed by atoms with E-state index in [4.69, 9.17) is 9.15 Å². The second kappa shape index (κ2) is 6.89. The first kappa shape index (κ1) is 15.8. The van der Waals surface area contributed by atoms with Crippen LogP contribution in [0.2, 0.25) is 0 Å². The molecule has 0 spiro atoms. The minimum absolute atomic E-state index is 0.0102. The van der Waals surface area contributed by atoms with E-state index in [0.29, 0.717) is 17.0 Å². The molecule has 0 aliphatic carbocycles. The van der Waals surface area contributed by atoms with Crippen LogP contribution in [0.3, 0.4) is 0 Å². The van der Waals surface area contributed by atoms with Crippen LogP contribution in [0.25, 0.3) is 17.2 Å². The molecule has 0 saturated carbocycles. The van der Waals surface area contributed by atoms with E-state index >= 15 is 0 Å². The molecule has 0 aliphatic rings. The Morgan fingerprint density at radius 3 is 2.68 bits per heavy atom. The first-order valence-corrected chi connectivity index (χ1v) is 7.00. The number of ether oxygens (including phenoxy) is 1. The zero-order valence-electron chi connectivity index (χ0n) is 12.7. The highest BCUT2D eigenvalue weighted by molar-refractivity contribution is 5.90. The van der Waals surface area contributed by atoms with Crippen LogP contribution in [-0.2, 0) is 14.3 Å². The summed E-state index contributed by atoms with van der Waals surface area (Å²) < 4.78 is 10.4. The average Bonchev–Trinajstić information content (AvgIpc) is 2.87. The molecule has 2 aromatic rings. The Morgan fingerprint density at radius 2 is 2.00 bits per heavy atom. The highest BCUT2D eigenvalue weighted by atomic mass is 16.5. The van der Waals surface area contributed by atoms with E-state index in [1.54, 1.807) is 6.07 Å². The van der Waals surface area contributed by atoms with Gasteiger partial charge in [-0.05, 0) is 32.9 Å². The van der Waals surface area contributed by atoms with Crippen molar-refractivity contribution in [3.05, 3.63) is 36.2 Å². The van der Waals surface area contributed by atoms with Gasteiger partial charge < -0.3 is 14.5 Å². The van der Waals surface area contributed by atoms with Crippen molar-refractivity contribution >= 4 is 29.1 Å². The van der Waals surface area contributed by atoms with Crippen LogP contribution in [0.1, 0.15) is 26.7 Å². The predicted molar refractivity (Wildman–Crippen MR) is 81.9 cm³/mol. The third kappa shape index (κ3) is 4.18. The second-order valence-corrected chi connectivity index (χ2v) is 5.10. The van der Waals surface area contributed by atoms with E-state index in [1.807, 2.05) is 32.0 Å². The van der Waals surface area contributed by atoms with Crippen LogP contribution in [0.5, 0.6) is 0 Å². The molecule has 116 valence electrons. The third-order valence-corrected chi connectivity index (χ3v) is 2.77. The molecule has 1 atom stereocenters. The van der Waals surface area contributed by atoms with Crippen molar-refractivity contribution in [1.82, 2.24) is 10.3 Å². The number of esters is 1. The zero-order chi connectivity index (χ0) is 16.1. The Kier molecular flexibility index (Phi) is 4.93. The number of amides is 1. The summed E-state index contributed by atoms with van der Waals surface area (Å²) in [6.07, 6.45) is 1.74. The molecule has 0 bridgehead atoms. The fourth-order valence-corrected chi connectivity index (χ4v) is 1.77. The molecule has 1 amide bonds. The van der Waals surface area contributed by atoms with Gasteiger partial charge in [0.1, 0.15) is 5.52 Å². The van der Waals surface area contributed by atoms with E-state index in [0.717, 1.165) is 0 Å². The lowest BCUT2D eigenvalue weighted by Gasteiger charge is -2.14. The number of carbonyl (C=O) groups is 2. The smallest absolute Gasteiger partial charge is 0.331 e. The Labute approximate surface area is 128 Å². The summed E-state index contributed by atoms with van der Waals surface area (Å²) >= 11 is 0. The molecule has 0 radical (unpaired) electrons. The van der Waals surface area contributed by atoms with Crippen molar-refractivity contribution in [3.8, 4) is 0 Å². The lowest BCUT2D eigenvalue weighted by Crippen LogP contribution is -2.39. The van der Waals surface area contributed by atoms with Gasteiger partial charge in [0.2, 0.25) is 5.89 Å². The van der Waals surface area contributed by atoms with Crippen molar-refractivity contribution < 1.29 is 18.7 Å². The molecule has 1 aromatic heterocycles. The van der Waals surface area contributed by atoms with E-state index < -0.39 is 12.1 Å². The molecule has 2 rings (SSSR count). The van der Waals surface area contributed by atoms with Crippen molar-refractivity contribution in [2.45, 2.75) is 32.9 Å². The summed E-state index contributed by atoms with van der Waals surface area (Å²) in [5.41, 5.74) is 1.35. The van der Waals surface area contributed by atoms with Crippen LogP contribution in [0.15, 0.2) is 34.8 Å². The number of hydrogen-bond donors (Lipinski definition) is 1. The lowest BCUT2D eigenvalue weighted by atomic mass is 10.3. The summed E-state index contributed by atoms with van der Waals surface area (Å²) in [5, 5.41) is 2.67. The van der Waals surface area contributed by atoms with Gasteiger partial charge in [-0.25, -0.2) is 9.78 Å². The van der Waals surface area contributed by atoms with Crippen molar-refractivity contribution in [1.29, 1.82) is 0 Å².